The topological polar surface area (TPSA) is 29.3 Å². The highest BCUT2D eigenvalue weighted by Crippen LogP contribution is 2.22. The molecule has 3 heteroatoms. The molecule has 1 rings (SSSR count). The summed E-state index contributed by atoms with van der Waals surface area (Å²) in [7, 11) is 2.12. The van der Waals surface area contributed by atoms with Crippen LogP contribution in [-0.4, -0.2) is 24.5 Å². The largest absolute Gasteiger partial charge is 0.329 e. The zero-order chi connectivity index (χ0) is 9.84. The van der Waals surface area contributed by atoms with Crippen molar-refractivity contribution in [3.05, 3.63) is 22.4 Å². The molecule has 1 unspecified atom stereocenters. The number of rotatable bonds is 4. The lowest BCUT2D eigenvalue weighted by molar-refractivity contribution is 0.201. The predicted octanol–water partition coefficient (Wildman–Crippen LogP) is 2.09. The van der Waals surface area contributed by atoms with Crippen LogP contribution in [0.1, 0.15) is 25.5 Å². The van der Waals surface area contributed by atoms with Crippen LogP contribution in [-0.2, 0) is 0 Å². The molecular weight excluding hydrogens is 180 g/mol. The minimum absolute atomic E-state index is 0.367. The monoisotopic (exact) mass is 198 g/mol. The Kier molecular flexibility index (Phi) is 3.90. The molecule has 1 atom stereocenters. The van der Waals surface area contributed by atoms with E-state index in [0.717, 1.165) is 0 Å². The molecule has 1 aromatic rings. The van der Waals surface area contributed by atoms with Crippen LogP contribution in [0, 0.1) is 0 Å². The first-order chi connectivity index (χ1) is 6.16. The zero-order valence-electron chi connectivity index (χ0n) is 8.53. The maximum absolute atomic E-state index is 5.77. The summed E-state index contributed by atoms with van der Waals surface area (Å²) in [6.07, 6.45) is 0. The number of likely N-dealkylation sites (N-methyl/N-ethyl adjacent to an activating group) is 1. The van der Waals surface area contributed by atoms with E-state index in [1.165, 1.54) is 5.56 Å². The van der Waals surface area contributed by atoms with E-state index in [-0.39, 0.29) is 0 Å². The standard InChI is InChI=1S/C10H18N2S/c1-8(2)12(3)10(6-11)9-4-5-13-7-9/h4-5,7-8,10H,6,11H2,1-3H3. The Balaban J connectivity index is 2.74. The van der Waals surface area contributed by atoms with Crippen molar-refractivity contribution in [2.45, 2.75) is 25.9 Å². The maximum Gasteiger partial charge on any atom is 0.0478 e. The summed E-state index contributed by atoms with van der Waals surface area (Å²) in [4.78, 5) is 2.31. The van der Waals surface area contributed by atoms with E-state index in [1.807, 2.05) is 0 Å². The van der Waals surface area contributed by atoms with Gasteiger partial charge in [-0.05, 0) is 43.3 Å². The van der Waals surface area contributed by atoms with Crippen molar-refractivity contribution >= 4 is 11.3 Å². The quantitative estimate of drug-likeness (QED) is 0.802. The van der Waals surface area contributed by atoms with Crippen molar-refractivity contribution in [2.24, 2.45) is 5.73 Å². The predicted molar refractivity (Wildman–Crippen MR) is 59.0 cm³/mol. The van der Waals surface area contributed by atoms with Gasteiger partial charge in [-0.15, -0.1) is 0 Å². The first kappa shape index (κ1) is 10.7. The van der Waals surface area contributed by atoms with Crippen molar-refractivity contribution in [1.82, 2.24) is 4.90 Å². The second-order valence-electron chi connectivity index (χ2n) is 3.57. The molecular formula is C10H18N2S. The molecule has 0 saturated heterocycles. The summed E-state index contributed by atoms with van der Waals surface area (Å²) in [6.45, 7) is 5.06. The summed E-state index contributed by atoms with van der Waals surface area (Å²) in [5.74, 6) is 0. The van der Waals surface area contributed by atoms with Gasteiger partial charge in [0.25, 0.3) is 0 Å². The Morgan fingerprint density at radius 2 is 2.23 bits per heavy atom. The average Bonchev–Trinajstić information content (AvgIpc) is 2.58. The van der Waals surface area contributed by atoms with Crippen molar-refractivity contribution < 1.29 is 0 Å². The molecule has 0 aliphatic rings. The molecule has 0 spiro atoms. The van der Waals surface area contributed by atoms with Crippen LogP contribution in [0.15, 0.2) is 16.8 Å². The minimum atomic E-state index is 0.367. The molecule has 0 aliphatic heterocycles. The van der Waals surface area contributed by atoms with Crippen LogP contribution in [0.4, 0.5) is 0 Å². The summed E-state index contributed by atoms with van der Waals surface area (Å²) in [5, 5.41) is 4.28. The Hall–Kier alpha value is -0.380. The van der Waals surface area contributed by atoms with Gasteiger partial charge in [0.1, 0.15) is 0 Å². The van der Waals surface area contributed by atoms with Crippen molar-refractivity contribution in [3.63, 3.8) is 0 Å². The van der Waals surface area contributed by atoms with Crippen molar-refractivity contribution in [2.75, 3.05) is 13.6 Å². The van der Waals surface area contributed by atoms with Gasteiger partial charge in [0.05, 0.1) is 0 Å². The normalized spacial score (nSPS) is 14.0. The molecule has 0 saturated carbocycles. The van der Waals surface area contributed by atoms with Crippen LogP contribution in [0.5, 0.6) is 0 Å². The summed E-state index contributed by atoms with van der Waals surface area (Å²) in [6, 6.07) is 3.06. The highest BCUT2D eigenvalue weighted by molar-refractivity contribution is 7.07. The van der Waals surface area contributed by atoms with Gasteiger partial charge in [0.2, 0.25) is 0 Å². The molecule has 13 heavy (non-hydrogen) atoms. The first-order valence-electron chi connectivity index (χ1n) is 4.61. The number of hydrogen-bond acceptors (Lipinski definition) is 3. The second-order valence-corrected chi connectivity index (χ2v) is 4.35. The van der Waals surface area contributed by atoms with Crippen molar-refractivity contribution in [1.29, 1.82) is 0 Å². The van der Waals surface area contributed by atoms with E-state index in [9.17, 15) is 0 Å². The fourth-order valence-electron chi connectivity index (χ4n) is 1.36. The molecule has 1 aromatic heterocycles. The van der Waals surface area contributed by atoms with Gasteiger partial charge in [-0.1, -0.05) is 0 Å². The number of nitrogens with zero attached hydrogens (tertiary/aromatic N) is 1. The molecule has 0 amide bonds. The summed E-state index contributed by atoms with van der Waals surface area (Å²) >= 11 is 1.73. The third-order valence-corrected chi connectivity index (χ3v) is 3.16. The summed E-state index contributed by atoms with van der Waals surface area (Å²) < 4.78 is 0. The van der Waals surface area contributed by atoms with Gasteiger partial charge in [-0.25, -0.2) is 0 Å². The zero-order valence-corrected chi connectivity index (χ0v) is 9.34. The average molecular weight is 198 g/mol. The Labute approximate surface area is 84.4 Å². The van der Waals surface area contributed by atoms with E-state index in [0.29, 0.717) is 18.6 Å². The van der Waals surface area contributed by atoms with Crippen LogP contribution in [0.3, 0.4) is 0 Å². The molecule has 2 N–H and O–H groups in total. The highest BCUT2D eigenvalue weighted by Gasteiger charge is 2.17. The number of hydrogen-bond donors (Lipinski definition) is 1. The molecule has 0 radical (unpaired) electrons. The Morgan fingerprint density at radius 1 is 1.54 bits per heavy atom. The van der Waals surface area contributed by atoms with Gasteiger partial charge in [0, 0.05) is 18.6 Å². The smallest absolute Gasteiger partial charge is 0.0478 e. The van der Waals surface area contributed by atoms with Gasteiger partial charge < -0.3 is 5.73 Å². The Bertz CT molecular complexity index is 231. The van der Waals surface area contributed by atoms with Crippen LogP contribution in [0.2, 0.25) is 0 Å². The molecule has 0 fully saturated rings. The van der Waals surface area contributed by atoms with E-state index >= 15 is 0 Å². The summed E-state index contributed by atoms with van der Waals surface area (Å²) in [5.41, 5.74) is 7.10. The fourth-order valence-corrected chi connectivity index (χ4v) is 2.07. The van der Waals surface area contributed by atoms with E-state index in [1.54, 1.807) is 11.3 Å². The van der Waals surface area contributed by atoms with Gasteiger partial charge >= 0.3 is 0 Å². The first-order valence-corrected chi connectivity index (χ1v) is 5.55. The van der Waals surface area contributed by atoms with Crippen LogP contribution >= 0.6 is 11.3 Å². The van der Waals surface area contributed by atoms with Gasteiger partial charge in [0.15, 0.2) is 0 Å². The molecule has 0 bridgehead atoms. The molecule has 0 aliphatic carbocycles. The molecule has 2 nitrogen and oxygen atoms in total. The number of nitrogens with two attached hydrogens (primary N) is 1. The maximum atomic E-state index is 5.77. The Morgan fingerprint density at radius 3 is 2.62 bits per heavy atom. The van der Waals surface area contributed by atoms with Gasteiger partial charge in [-0.2, -0.15) is 11.3 Å². The van der Waals surface area contributed by atoms with E-state index in [4.69, 9.17) is 5.73 Å². The van der Waals surface area contributed by atoms with Crippen LogP contribution < -0.4 is 5.73 Å². The second kappa shape index (κ2) is 4.74. The lowest BCUT2D eigenvalue weighted by Gasteiger charge is -2.29. The minimum Gasteiger partial charge on any atom is -0.329 e. The fraction of sp³-hybridized carbons (Fsp3) is 0.600. The van der Waals surface area contributed by atoms with Crippen molar-refractivity contribution in [3.8, 4) is 0 Å². The third-order valence-electron chi connectivity index (χ3n) is 2.46. The van der Waals surface area contributed by atoms with Gasteiger partial charge in [-0.3, -0.25) is 4.90 Å². The number of thiophene rings is 1. The van der Waals surface area contributed by atoms with Crippen LogP contribution in [0.25, 0.3) is 0 Å². The third kappa shape index (κ3) is 2.53. The molecule has 1 heterocycles. The highest BCUT2D eigenvalue weighted by atomic mass is 32.1. The van der Waals surface area contributed by atoms with E-state index in [2.05, 4.69) is 42.6 Å². The lowest BCUT2D eigenvalue weighted by atomic mass is 10.1. The lowest BCUT2D eigenvalue weighted by Crippen LogP contribution is -2.35. The van der Waals surface area contributed by atoms with E-state index < -0.39 is 0 Å². The molecule has 0 aromatic carbocycles. The SMILES string of the molecule is CC(C)N(C)C(CN)c1ccsc1. The molecule has 74 valence electrons.